The largest absolute Gasteiger partial charge is 0.397 e. The van der Waals surface area contributed by atoms with Crippen molar-refractivity contribution in [3.8, 4) is 5.69 Å². The summed E-state index contributed by atoms with van der Waals surface area (Å²) >= 11 is 0. The minimum absolute atomic E-state index is 0.109. The molecule has 0 aliphatic heterocycles. The average molecular weight is 510 g/mol. The number of ether oxygens (including phenoxy) is 1. The molecule has 1 atom stereocenters. The molecule has 1 aliphatic rings. The molecule has 8 nitrogen and oxygen atoms in total. The van der Waals surface area contributed by atoms with Crippen LogP contribution in [-0.2, 0) is 22.5 Å². The number of carbonyl (C=O) groups excluding carboxylic acids is 1. The van der Waals surface area contributed by atoms with Gasteiger partial charge < -0.3 is 20.6 Å². The monoisotopic (exact) mass is 509 g/mol. The fourth-order valence-corrected chi connectivity index (χ4v) is 5.09. The number of aryl methyl sites for hydroxylation is 1. The number of oxime groups is 1. The molecule has 3 N–H and O–H groups in total. The van der Waals surface area contributed by atoms with Crippen LogP contribution in [0.2, 0.25) is 0 Å². The summed E-state index contributed by atoms with van der Waals surface area (Å²) in [5.74, 6) is 0.305. The molecule has 0 bridgehead atoms. The molecule has 0 unspecified atom stereocenters. The van der Waals surface area contributed by atoms with E-state index in [1.54, 1.807) is 13.3 Å². The zero-order valence-electron chi connectivity index (χ0n) is 21.8. The van der Waals surface area contributed by atoms with Gasteiger partial charge in [0, 0.05) is 43.1 Å². The Balaban J connectivity index is 1.36. The fourth-order valence-electron chi connectivity index (χ4n) is 5.09. The number of methoxy groups -OCH3 is 1. The van der Waals surface area contributed by atoms with Crippen LogP contribution in [0.25, 0.3) is 5.69 Å². The maximum absolute atomic E-state index is 13.1. The summed E-state index contributed by atoms with van der Waals surface area (Å²) in [6.07, 6.45) is 4.45. The van der Waals surface area contributed by atoms with E-state index >= 15 is 0 Å². The summed E-state index contributed by atoms with van der Waals surface area (Å²) in [4.78, 5) is 17.9. The first kappa shape index (κ1) is 25.2. The quantitative estimate of drug-likeness (QED) is 0.212. The number of amides is 1. The van der Waals surface area contributed by atoms with E-state index in [0.29, 0.717) is 24.6 Å². The summed E-state index contributed by atoms with van der Waals surface area (Å²) in [5, 5.41) is 11.2. The van der Waals surface area contributed by atoms with Crippen molar-refractivity contribution in [1.29, 1.82) is 0 Å². The number of amidine groups is 1. The minimum atomic E-state index is -0.115. The van der Waals surface area contributed by atoms with Gasteiger partial charge in [-0.15, -0.1) is 0 Å². The maximum atomic E-state index is 13.1. The molecule has 4 aromatic rings. The number of nitrogens with zero attached hydrogens (tertiary/aromatic N) is 3. The Morgan fingerprint density at radius 3 is 2.55 bits per heavy atom. The van der Waals surface area contributed by atoms with Gasteiger partial charge in [-0.3, -0.25) is 4.79 Å². The van der Waals surface area contributed by atoms with E-state index in [1.807, 2.05) is 54.2 Å². The molecule has 3 aromatic carbocycles. The zero-order chi connectivity index (χ0) is 26.6. The van der Waals surface area contributed by atoms with Crippen LogP contribution >= 0.6 is 0 Å². The highest BCUT2D eigenvalue weighted by Crippen LogP contribution is 2.38. The van der Waals surface area contributed by atoms with Gasteiger partial charge in [-0.25, -0.2) is 4.68 Å². The van der Waals surface area contributed by atoms with E-state index in [1.165, 1.54) is 23.8 Å². The molecule has 194 valence electrons. The van der Waals surface area contributed by atoms with E-state index in [0.717, 1.165) is 34.4 Å². The number of hydrogen-bond donors (Lipinski definition) is 2. The number of hydrogen-bond acceptors (Lipinski definition) is 5. The second kappa shape index (κ2) is 10.9. The molecule has 0 fully saturated rings. The van der Waals surface area contributed by atoms with Gasteiger partial charge in [0.15, 0.2) is 5.84 Å². The van der Waals surface area contributed by atoms with Crippen molar-refractivity contribution in [2.45, 2.75) is 25.8 Å². The second-order valence-electron chi connectivity index (χ2n) is 9.42. The van der Waals surface area contributed by atoms with Gasteiger partial charge in [-0.05, 0) is 83.1 Å². The van der Waals surface area contributed by atoms with Crippen LogP contribution in [0.5, 0.6) is 0 Å². The van der Waals surface area contributed by atoms with Gasteiger partial charge in [0.05, 0.1) is 12.3 Å². The second-order valence-corrected chi connectivity index (χ2v) is 9.42. The van der Waals surface area contributed by atoms with Gasteiger partial charge in [-0.1, -0.05) is 29.4 Å². The molecule has 1 amide bonds. The highest BCUT2D eigenvalue weighted by molar-refractivity contribution is 5.97. The summed E-state index contributed by atoms with van der Waals surface area (Å²) in [7, 11) is 3.18. The number of aromatic nitrogens is 2. The van der Waals surface area contributed by atoms with Crippen LogP contribution in [0.4, 0.5) is 0 Å². The van der Waals surface area contributed by atoms with E-state index in [-0.39, 0.29) is 11.8 Å². The van der Waals surface area contributed by atoms with Crippen molar-refractivity contribution in [3.05, 3.63) is 118 Å². The van der Waals surface area contributed by atoms with E-state index in [9.17, 15) is 4.79 Å². The lowest BCUT2D eigenvalue weighted by molar-refractivity contribution is 0.0950. The first-order chi connectivity index (χ1) is 18.5. The van der Waals surface area contributed by atoms with Crippen LogP contribution in [0.15, 0.2) is 78.2 Å². The van der Waals surface area contributed by atoms with Crippen LogP contribution < -0.4 is 11.1 Å². The van der Waals surface area contributed by atoms with E-state index in [2.05, 4.69) is 39.8 Å². The van der Waals surface area contributed by atoms with Gasteiger partial charge in [0.2, 0.25) is 0 Å². The van der Waals surface area contributed by atoms with Gasteiger partial charge in [-0.2, -0.15) is 5.10 Å². The SMILES string of the molecule is COC[C@@H]1c2ccc(C(=O)NCc3ccc(C(N)=NOC)cc3C)cc2Cc2cc(-n3cccn3)ccc21. The maximum Gasteiger partial charge on any atom is 0.251 e. The Hall–Kier alpha value is -4.43. The van der Waals surface area contributed by atoms with Crippen molar-refractivity contribution in [2.24, 2.45) is 10.9 Å². The smallest absolute Gasteiger partial charge is 0.251 e. The molecule has 38 heavy (non-hydrogen) atoms. The van der Waals surface area contributed by atoms with E-state index in [4.69, 9.17) is 15.3 Å². The summed E-state index contributed by atoms with van der Waals surface area (Å²) < 4.78 is 7.45. The third kappa shape index (κ3) is 5.03. The van der Waals surface area contributed by atoms with Crippen molar-refractivity contribution in [3.63, 3.8) is 0 Å². The molecule has 0 saturated carbocycles. The molecule has 5 rings (SSSR count). The third-order valence-corrected chi connectivity index (χ3v) is 7.03. The molecule has 0 radical (unpaired) electrons. The number of benzene rings is 3. The molecule has 0 spiro atoms. The molecule has 1 aromatic heterocycles. The third-order valence-electron chi connectivity index (χ3n) is 7.03. The molecule has 1 heterocycles. The summed E-state index contributed by atoms with van der Waals surface area (Å²) in [5.41, 5.74) is 15.2. The molecular weight excluding hydrogens is 478 g/mol. The number of nitrogens with two attached hydrogens (primary N) is 1. The van der Waals surface area contributed by atoms with Crippen molar-refractivity contribution in [2.75, 3.05) is 20.8 Å². The number of rotatable bonds is 8. The van der Waals surface area contributed by atoms with Gasteiger partial charge in [0.1, 0.15) is 7.11 Å². The van der Waals surface area contributed by atoms with Crippen LogP contribution in [-0.4, -0.2) is 42.3 Å². The Kier molecular flexibility index (Phi) is 7.24. The predicted molar refractivity (Wildman–Crippen MR) is 147 cm³/mol. The Labute approximate surface area is 222 Å². The van der Waals surface area contributed by atoms with Crippen molar-refractivity contribution < 1.29 is 14.4 Å². The van der Waals surface area contributed by atoms with Gasteiger partial charge in [0.25, 0.3) is 5.91 Å². The highest BCUT2D eigenvalue weighted by Gasteiger charge is 2.27. The first-order valence-electron chi connectivity index (χ1n) is 12.5. The number of fused-ring (bicyclic) bond motifs is 2. The molecular formula is C30H31N5O3. The van der Waals surface area contributed by atoms with Crippen molar-refractivity contribution >= 4 is 11.7 Å². The lowest BCUT2D eigenvalue weighted by Gasteiger charge is -2.29. The average Bonchev–Trinajstić information content (AvgIpc) is 3.47. The standard InChI is InChI=1S/C30H31N5O3/c1-19-13-20(29(31)34-38-3)5-6-22(19)17-32-30(36)21-7-9-26-23(14-21)15-24-16-25(35-12-4-11-33-35)8-10-27(24)28(26)18-37-2/h4-14,16,28H,15,17-18H2,1-3H3,(H2,31,34)(H,32,36)/t28-/m1/s1. The fraction of sp³-hybridized carbons (Fsp3) is 0.233. The molecule has 0 saturated heterocycles. The summed E-state index contributed by atoms with van der Waals surface area (Å²) in [6, 6.07) is 20.1. The normalized spacial score (nSPS) is 14.5. The Morgan fingerprint density at radius 2 is 1.84 bits per heavy atom. The zero-order valence-corrected chi connectivity index (χ0v) is 21.8. The Bertz CT molecular complexity index is 1490. The summed E-state index contributed by atoms with van der Waals surface area (Å²) in [6.45, 7) is 2.96. The van der Waals surface area contributed by atoms with Crippen LogP contribution in [0.1, 0.15) is 55.2 Å². The van der Waals surface area contributed by atoms with Crippen LogP contribution in [0, 0.1) is 6.92 Å². The molecule has 1 aliphatic carbocycles. The van der Waals surface area contributed by atoms with Crippen LogP contribution in [0.3, 0.4) is 0 Å². The highest BCUT2D eigenvalue weighted by atomic mass is 16.6. The predicted octanol–water partition coefficient (Wildman–Crippen LogP) is 4.06. The van der Waals surface area contributed by atoms with Gasteiger partial charge >= 0.3 is 0 Å². The lowest BCUT2D eigenvalue weighted by Crippen LogP contribution is -2.24. The van der Waals surface area contributed by atoms with Crippen molar-refractivity contribution in [1.82, 2.24) is 15.1 Å². The molecule has 8 heteroatoms. The lowest BCUT2D eigenvalue weighted by atomic mass is 9.77. The Morgan fingerprint density at radius 1 is 1.08 bits per heavy atom. The number of carbonyl (C=O) groups is 1. The first-order valence-corrected chi connectivity index (χ1v) is 12.5. The minimum Gasteiger partial charge on any atom is -0.397 e. The van der Waals surface area contributed by atoms with E-state index < -0.39 is 0 Å². The number of nitrogens with one attached hydrogen (secondary N) is 1. The topological polar surface area (TPSA) is 104 Å².